The smallest absolute Gasteiger partial charge is 0.126 e. The van der Waals surface area contributed by atoms with Gasteiger partial charge in [0, 0.05) is 26.4 Å². The topological polar surface area (TPSA) is 12.0 Å². The maximum absolute atomic E-state index is 13.2. The van der Waals surface area contributed by atoms with Gasteiger partial charge >= 0.3 is 0 Å². The van der Waals surface area contributed by atoms with Gasteiger partial charge in [0.15, 0.2) is 0 Å². The number of hydrogen-bond donors (Lipinski definition) is 1. The van der Waals surface area contributed by atoms with Gasteiger partial charge in [0.25, 0.3) is 0 Å². The van der Waals surface area contributed by atoms with Crippen LogP contribution in [0.2, 0.25) is 0 Å². The number of hydrogen-bond acceptors (Lipinski definition) is 3. The molecule has 0 saturated carbocycles. The summed E-state index contributed by atoms with van der Waals surface area (Å²) in [6.45, 7) is 0. The molecule has 0 spiro atoms. The second-order valence-corrected chi connectivity index (χ2v) is 6.68. The van der Waals surface area contributed by atoms with Crippen LogP contribution < -0.4 is 5.32 Å². The molecule has 3 rings (SSSR count). The van der Waals surface area contributed by atoms with Crippen molar-refractivity contribution in [1.29, 1.82) is 0 Å². The molecule has 0 aliphatic carbocycles. The lowest BCUT2D eigenvalue weighted by Crippen LogP contribution is -2.17. The Labute approximate surface area is 123 Å². The van der Waals surface area contributed by atoms with E-state index in [-0.39, 0.29) is 6.04 Å². The van der Waals surface area contributed by atoms with Gasteiger partial charge in [-0.3, -0.25) is 0 Å². The molecule has 0 saturated heterocycles. The summed E-state index contributed by atoms with van der Waals surface area (Å²) in [6.07, 6.45) is 0.568. The maximum Gasteiger partial charge on any atom is 0.126 e. The lowest BCUT2D eigenvalue weighted by molar-refractivity contribution is 0.565. The van der Waals surface area contributed by atoms with E-state index < -0.39 is 11.6 Å². The number of fused-ring (bicyclic) bond motifs is 1. The molecule has 2 aromatic heterocycles. The van der Waals surface area contributed by atoms with Crippen molar-refractivity contribution in [2.24, 2.45) is 0 Å². The summed E-state index contributed by atoms with van der Waals surface area (Å²) >= 11 is 3.43. The van der Waals surface area contributed by atoms with Crippen molar-refractivity contribution >= 4 is 32.1 Å². The van der Waals surface area contributed by atoms with Crippen LogP contribution in [-0.2, 0) is 6.42 Å². The van der Waals surface area contributed by atoms with Crippen molar-refractivity contribution in [2.75, 3.05) is 7.05 Å². The zero-order chi connectivity index (χ0) is 14.1. The van der Waals surface area contributed by atoms with Gasteiger partial charge in [-0.25, -0.2) is 8.78 Å². The van der Waals surface area contributed by atoms with Crippen molar-refractivity contribution in [3.05, 3.63) is 57.8 Å². The van der Waals surface area contributed by atoms with Gasteiger partial charge in [-0.15, -0.1) is 22.7 Å². The second-order valence-electron chi connectivity index (χ2n) is 4.62. The highest BCUT2D eigenvalue weighted by molar-refractivity contribution is 7.26. The number of rotatable bonds is 4. The average Bonchev–Trinajstić information content (AvgIpc) is 2.95. The third-order valence-corrected chi connectivity index (χ3v) is 5.42. The van der Waals surface area contributed by atoms with Gasteiger partial charge in [-0.2, -0.15) is 0 Å². The molecule has 1 unspecified atom stereocenters. The monoisotopic (exact) mass is 309 g/mol. The molecule has 0 aliphatic heterocycles. The zero-order valence-electron chi connectivity index (χ0n) is 10.8. The Morgan fingerprint density at radius 3 is 2.50 bits per heavy atom. The van der Waals surface area contributed by atoms with E-state index in [1.165, 1.54) is 26.4 Å². The van der Waals surface area contributed by atoms with E-state index in [0.717, 1.165) is 6.07 Å². The molecule has 1 nitrogen and oxygen atoms in total. The van der Waals surface area contributed by atoms with Gasteiger partial charge in [-0.05, 0) is 48.7 Å². The van der Waals surface area contributed by atoms with Crippen LogP contribution in [0.5, 0.6) is 0 Å². The van der Waals surface area contributed by atoms with Gasteiger partial charge in [0.05, 0.1) is 0 Å². The van der Waals surface area contributed by atoms with Gasteiger partial charge in [0.2, 0.25) is 0 Å². The normalized spacial score (nSPS) is 12.9. The number of nitrogens with one attached hydrogen (secondary N) is 1. The molecule has 1 aromatic carbocycles. The Morgan fingerprint density at radius 1 is 1.10 bits per heavy atom. The summed E-state index contributed by atoms with van der Waals surface area (Å²) in [5.41, 5.74) is 0.665. The van der Waals surface area contributed by atoms with E-state index in [1.807, 2.05) is 7.05 Å². The molecule has 5 heteroatoms. The Morgan fingerprint density at radius 2 is 1.85 bits per heavy atom. The van der Waals surface area contributed by atoms with Gasteiger partial charge in [-0.1, -0.05) is 0 Å². The van der Waals surface area contributed by atoms with Crippen LogP contribution in [-0.4, -0.2) is 7.05 Å². The molecule has 0 bridgehead atoms. The second kappa shape index (κ2) is 5.60. The molecule has 20 heavy (non-hydrogen) atoms. The first-order valence-electron chi connectivity index (χ1n) is 6.25. The lowest BCUT2D eigenvalue weighted by Gasteiger charge is -2.14. The largest absolute Gasteiger partial charge is 0.312 e. The molecule has 0 aliphatic rings. The minimum Gasteiger partial charge on any atom is -0.312 e. The minimum absolute atomic E-state index is 0.0702. The molecule has 104 valence electrons. The zero-order valence-corrected chi connectivity index (χ0v) is 12.5. The van der Waals surface area contributed by atoms with E-state index in [0.29, 0.717) is 12.0 Å². The van der Waals surface area contributed by atoms with Crippen molar-refractivity contribution in [3.63, 3.8) is 0 Å². The summed E-state index contributed by atoms with van der Waals surface area (Å²) in [6, 6.07) is 8.01. The maximum atomic E-state index is 13.2. The quantitative estimate of drug-likeness (QED) is 0.733. The highest BCUT2D eigenvalue weighted by Gasteiger charge is 2.15. The van der Waals surface area contributed by atoms with Crippen LogP contribution in [0.4, 0.5) is 8.78 Å². The Bertz CT molecular complexity index is 684. The molecule has 0 amide bonds. The highest BCUT2D eigenvalue weighted by Crippen LogP contribution is 2.34. The predicted molar refractivity (Wildman–Crippen MR) is 81.6 cm³/mol. The first-order valence-corrected chi connectivity index (χ1v) is 7.94. The van der Waals surface area contributed by atoms with Crippen molar-refractivity contribution in [2.45, 2.75) is 12.5 Å². The molecule has 0 fully saturated rings. The molecule has 3 aromatic rings. The van der Waals surface area contributed by atoms with Crippen molar-refractivity contribution < 1.29 is 8.78 Å². The molecule has 2 heterocycles. The predicted octanol–water partition coefficient (Wildman–Crippen LogP) is 4.74. The molecule has 1 atom stereocenters. The minimum atomic E-state index is -0.526. The summed E-state index contributed by atoms with van der Waals surface area (Å²) in [7, 11) is 1.87. The summed E-state index contributed by atoms with van der Waals surface area (Å²) in [4.78, 5) is 1.19. The molecule has 0 radical (unpaired) electrons. The van der Waals surface area contributed by atoms with Crippen molar-refractivity contribution in [1.82, 2.24) is 5.32 Å². The summed E-state index contributed by atoms with van der Waals surface area (Å²) in [5.74, 6) is -1.05. The van der Waals surface area contributed by atoms with Crippen LogP contribution >= 0.6 is 22.7 Å². The Hall–Kier alpha value is -1.30. The number of benzene rings is 1. The molecular formula is C15H13F2NS2. The van der Waals surface area contributed by atoms with Crippen LogP contribution in [0, 0.1) is 11.6 Å². The van der Waals surface area contributed by atoms with Gasteiger partial charge < -0.3 is 5.32 Å². The average molecular weight is 309 g/mol. The fourth-order valence-corrected chi connectivity index (χ4v) is 4.50. The fourth-order valence-electron chi connectivity index (χ4n) is 2.27. The number of likely N-dealkylation sites (N-methyl/N-ethyl adjacent to an activating group) is 1. The van der Waals surface area contributed by atoms with E-state index in [9.17, 15) is 8.78 Å². The Balaban J connectivity index is 1.88. The lowest BCUT2D eigenvalue weighted by atomic mass is 10.0. The van der Waals surface area contributed by atoms with Crippen LogP contribution in [0.3, 0.4) is 0 Å². The van der Waals surface area contributed by atoms with Gasteiger partial charge in [0.1, 0.15) is 11.6 Å². The van der Waals surface area contributed by atoms with Crippen LogP contribution in [0.1, 0.15) is 16.5 Å². The van der Waals surface area contributed by atoms with E-state index in [4.69, 9.17) is 0 Å². The first-order chi connectivity index (χ1) is 9.65. The third-order valence-electron chi connectivity index (χ3n) is 3.21. The number of thiophene rings is 2. The Kier molecular flexibility index (Phi) is 3.83. The standard InChI is InChI=1S/C15H13F2NS2/c1-18-12(6-9-4-10(16)7-11(17)5-9)14-8-15-13(20-14)2-3-19-15/h2-5,7-8,12,18H,6H2,1H3. The summed E-state index contributed by atoms with van der Waals surface area (Å²) < 4.78 is 29.0. The number of halogens is 2. The third kappa shape index (κ3) is 2.75. The first kappa shape index (κ1) is 13.7. The highest BCUT2D eigenvalue weighted by atomic mass is 32.1. The van der Waals surface area contributed by atoms with Crippen LogP contribution in [0.25, 0.3) is 9.40 Å². The molecule has 1 N–H and O–H groups in total. The summed E-state index contributed by atoms with van der Waals surface area (Å²) in [5, 5.41) is 5.30. The molecular weight excluding hydrogens is 296 g/mol. The van der Waals surface area contributed by atoms with Crippen LogP contribution in [0.15, 0.2) is 35.7 Å². The van der Waals surface area contributed by atoms with Crippen molar-refractivity contribution in [3.8, 4) is 0 Å². The van der Waals surface area contributed by atoms with E-state index in [2.05, 4.69) is 22.8 Å². The SMILES string of the molecule is CNC(Cc1cc(F)cc(F)c1)c1cc2sccc2s1. The fraction of sp³-hybridized carbons (Fsp3) is 0.200. The van der Waals surface area contributed by atoms with E-state index >= 15 is 0 Å². The van der Waals surface area contributed by atoms with E-state index in [1.54, 1.807) is 22.7 Å².